The summed E-state index contributed by atoms with van der Waals surface area (Å²) in [6, 6.07) is 31.4. The molecule has 0 aromatic heterocycles. The van der Waals surface area contributed by atoms with Crippen molar-refractivity contribution in [2.75, 3.05) is 11.0 Å². The number of benzene rings is 3. The minimum Gasteiger partial charge on any atom is -0.375 e. The average Bonchev–Trinajstić information content (AvgIpc) is 2.88. The lowest BCUT2D eigenvalue weighted by molar-refractivity contribution is -0.131. The highest BCUT2D eigenvalue weighted by molar-refractivity contribution is 14.1. The predicted molar refractivity (Wildman–Crippen MR) is 140 cm³/mol. The van der Waals surface area contributed by atoms with Gasteiger partial charge in [-0.05, 0) is 23.1 Å². The Morgan fingerprint density at radius 1 is 0.697 bits per heavy atom. The van der Waals surface area contributed by atoms with Crippen molar-refractivity contribution in [3.63, 3.8) is 0 Å². The molecule has 3 aromatic rings. The molecular weight excluding hydrogens is 525 g/mol. The van der Waals surface area contributed by atoms with E-state index >= 15 is 0 Å². The van der Waals surface area contributed by atoms with Crippen LogP contribution in [0.2, 0.25) is 0 Å². The molecule has 33 heavy (non-hydrogen) atoms. The van der Waals surface area contributed by atoms with Gasteiger partial charge in [0.05, 0.1) is 38.6 Å². The molecule has 4 nitrogen and oxygen atoms in total. The summed E-state index contributed by atoms with van der Waals surface area (Å²) < 4.78 is 20.1. The molecule has 0 spiro atoms. The largest absolute Gasteiger partial charge is 0.375 e. The Balaban J connectivity index is 1.44. The van der Waals surface area contributed by atoms with Gasteiger partial charge in [0.15, 0.2) is 0 Å². The van der Waals surface area contributed by atoms with Crippen LogP contribution in [-0.4, -0.2) is 35.3 Å². The van der Waals surface area contributed by atoms with Gasteiger partial charge in [0.1, 0.15) is 6.10 Å². The Morgan fingerprint density at radius 3 is 1.76 bits per heavy atom. The number of ether oxygens (including phenoxy) is 3. The quantitative estimate of drug-likeness (QED) is 0.248. The monoisotopic (exact) mass is 557 g/mol. The number of hydrogen-bond donors (Lipinski definition) is 1. The highest BCUT2D eigenvalue weighted by Gasteiger charge is 2.39. The second-order valence-electron chi connectivity index (χ2n) is 8.46. The van der Waals surface area contributed by atoms with Gasteiger partial charge < -0.3 is 19.5 Å². The maximum Gasteiger partial charge on any atom is 0.102 e. The van der Waals surface area contributed by atoms with E-state index in [1.807, 2.05) is 42.5 Å². The smallest absolute Gasteiger partial charge is 0.102 e. The second kappa shape index (κ2) is 13.2. The Hall–Kier alpha value is -1.77. The van der Waals surface area contributed by atoms with Crippen molar-refractivity contribution in [2.24, 2.45) is 0 Å². The predicted octanol–water partition coefficient (Wildman–Crippen LogP) is 5.54. The van der Waals surface area contributed by atoms with Crippen molar-refractivity contribution in [1.29, 1.82) is 0 Å². The topological polar surface area (TPSA) is 39.7 Å². The van der Waals surface area contributed by atoms with Crippen LogP contribution in [0.4, 0.5) is 0 Å². The fourth-order valence-electron chi connectivity index (χ4n) is 4.20. The molecule has 1 aliphatic rings. The summed E-state index contributed by atoms with van der Waals surface area (Å²) in [7, 11) is 0. The fourth-order valence-corrected chi connectivity index (χ4v) is 4.81. The van der Waals surface area contributed by atoms with Gasteiger partial charge >= 0.3 is 0 Å². The molecule has 1 aliphatic heterocycles. The SMILES string of the molecule is IC[C@H]1C[C@@H](OCc2ccccc2)[C@H](OCc2ccccc2)[C@@H](COCc2ccccc2)N1. The maximum atomic E-state index is 6.51. The summed E-state index contributed by atoms with van der Waals surface area (Å²) in [5.74, 6) is 0. The van der Waals surface area contributed by atoms with Crippen LogP contribution < -0.4 is 5.32 Å². The van der Waals surface area contributed by atoms with Crippen molar-refractivity contribution >= 4 is 22.6 Å². The zero-order chi connectivity index (χ0) is 22.7. The maximum absolute atomic E-state index is 6.51. The molecular formula is C28H32INO3. The molecule has 0 saturated carbocycles. The van der Waals surface area contributed by atoms with E-state index in [1.165, 1.54) is 16.7 Å². The van der Waals surface area contributed by atoms with E-state index in [0.717, 1.165) is 10.8 Å². The molecule has 4 atom stereocenters. The Kier molecular flexibility index (Phi) is 9.75. The summed E-state index contributed by atoms with van der Waals surface area (Å²) >= 11 is 2.45. The first-order valence-corrected chi connectivity index (χ1v) is 13.1. The van der Waals surface area contributed by atoms with Crippen molar-refractivity contribution in [3.05, 3.63) is 108 Å². The Labute approximate surface area is 210 Å². The highest BCUT2D eigenvalue weighted by atomic mass is 127. The van der Waals surface area contributed by atoms with Crippen LogP contribution in [0, 0.1) is 0 Å². The summed E-state index contributed by atoms with van der Waals surface area (Å²) in [5, 5.41) is 3.77. The third-order valence-electron chi connectivity index (χ3n) is 5.92. The molecule has 1 N–H and O–H groups in total. The number of nitrogens with one attached hydrogen (secondary N) is 1. The lowest BCUT2D eigenvalue weighted by atomic mass is 9.93. The molecule has 0 radical (unpaired) electrons. The third kappa shape index (κ3) is 7.62. The molecule has 4 rings (SSSR count). The van der Waals surface area contributed by atoms with Crippen LogP contribution in [-0.2, 0) is 34.0 Å². The first-order valence-electron chi connectivity index (χ1n) is 11.6. The molecule has 1 saturated heterocycles. The van der Waals surface area contributed by atoms with Gasteiger partial charge in [0.25, 0.3) is 0 Å². The van der Waals surface area contributed by atoms with Gasteiger partial charge in [-0.3, -0.25) is 0 Å². The molecule has 1 heterocycles. The Morgan fingerprint density at radius 2 is 1.21 bits per heavy atom. The lowest BCUT2D eigenvalue weighted by Gasteiger charge is -2.42. The molecule has 174 valence electrons. The van der Waals surface area contributed by atoms with Gasteiger partial charge in [-0.1, -0.05) is 114 Å². The van der Waals surface area contributed by atoms with Crippen LogP contribution in [0.3, 0.4) is 0 Å². The average molecular weight is 557 g/mol. The van der Waals surface area contributed by atoms with Crippen molar-refractivity contribution in [2.45, 2.75) is 50.5 Å². The fraction of sp³-hybridized carbons (Fsp3) is 0.357. The van der Waals surface area contributed by atoms with Crippen LogP contribution >= 0.6 is 22.6 Å². The lowest BCUT2D eigenvalue weighted by Crippen LogP contribution is -2.60. The second-order valence-corrected chi connectivity index (χ2v) is 9.34. The number of hydrogen-bond acceptors (Lipinski definition) is 4. The standard InChI is InChI=1S/C28H32INO3/c29-17-25-16-27(32-19-23-12-6-2-7-13-23)28(33-20-24-14-8-3-9-15-24)26(30-25)21-31-18-22-10-4-1-5-11-22/h1-15,25-28,30H,16-21H2/t25-,26-,27-,28-/m1/s1. The third-order valence-corrected chi connectivity index (χ3v) is 6.98. The van der Waals surface area contributed by atoms with Crippen LogP contribution in [0.15, 0.2) is 91.0 Å². The first-order chi connectivity index (χ1) is 16.3. The first kappa shape index (κ1) is 24.4. The van der Waals surface area contributed by atoms with Crippen molar-refractivity contribution < 1.29 is 14.2 Å². The number of piperidine rings is 1. The number of rotatable bonds is 11. The molecule has 0 aliphatic carbocycles. The van der Waals surface area contributed by atoms with E-state index in [4.69, 9.17) is 14.2 Å². The van der Waals surface area contributed by atoms with E-state index < -0.39 is 0 Å². The molecule has 1 fully saturated rings. The molecule has 3 aromatic carbocycles. The summed E-state index contributed by atoms with van der Waals surface area (Å²) in [6.45, 7) is 2.31. The van der Waals surface area contributed by atoms with E-state index in [2.05, 4.69) is 76.4 Å². The van der Waals surface area contributed by atoms with E-state index in [9.17, 15) is 0 Å². The van der Waals surface area contributed by atoms with Gasteiger partial charge in [0.2, 0.25) is 0 Å². The Bertz CT molecular complexity index is 926. The van der Waals surface area contributed by atoms with Crippen LogP contribution in [0.5, 0.6) is 0 Å². The molecule has 5 heteroatoms. The van der Waals surface area contributed by atoms with Crippen molar-refractivity contribution in [3.8, 4) is 0 Å². The van der Waals surface area contributed by atoms with Gasteiger partial charge in [-0.25, -0.2) is 0 Å². The number of alkyl halides is 1. The molecule has 0 amide bonds. The zero-order valence-corrected chi connectivity index (χ0v) is 21.0. The highest BCUT2D eigenvalue weighted by Crippen LogP contribution is 2.25. The number of halogens is 1. The zero-order valence-electron chi connectivity index (χ0n) is 18.8. The minimum absolute atomic E-state index is 0.000240. The van der Waals surface area contributed by atoms with Crippen LogP contribution in [0.1, 0.15) is 23.1 Å². The van der Waals surface area contributed by atoms with Gasteiger partial charge in [-0.2, -0.15) is 0 Å². The van der Waals surface area contributed by atoms with Crippen LogP contribution in [0.25, 0.3) is 0 Å². The van der Waals surface area contributed by atoms with Gasteiger partial charge in [-0.15, -0.1) is 0 Å². The summed E-state index contributed by atoms with van der Waals surface area (Å²) in [6.07, 6.45) is 0.828. The van der Waals surface area contributed by atoms with E-state index in [-0.39, 0.29) is 18.2 Å². The van der Waals surface area contributed by atoms with Crippen molar-refractivity contribution in [1.82, 2.24) is 5.32 Å². The summed E-state index contributed by atoms with van der Waals surface area (Å²) in [5.41, 5.74) is 3.53. The van der Waals surface area contributed by atoms with E-state index in [0.29, 0.717) is 32.5 Å². The summed E-state index contributed by atoms with van der Waals surface area (Å²) in [4.78, 5) is 0. The van der Waals surface area contributed by atoms with Gasteiger partial charge in [0, 0.05) is 10.5 Å². The molecule has 0 unspecified atom stereocenters. The minimum atomic E-state index is -0.0936. The van der Waals surface area contributed by atoms with E-state index in [1.54, 1.807) is 0 Å². The molecule has 0 bridgehead atoms. The normalized spacial score (nSPS) is 22.8.